The summed E-state index contributed by atoms with van der Waals surface area (Å²) < 4.78 is 37.2. The van der Waals surface area contributed by atoms with E-state index in [1.165, 1.54) is 11.7 Å². The quantitative estimate of drug-likeness (QED) is 0.491. The van der Waals surface area contributed by atoms with E-state index in [2.05, 4.69) is 5.32 Å². The van der Waals surface area contributed by atoms with Gasteiger partial charge in [0.15, 0.2) is 11.5 Å². The van der Waals surface area contributed by atoms with Crippen molar-refractivity contribution in [1.82, 2.24) is 4.57 Å². The van der Waals surface area contributed by atoms with Crippen LogP contribution in [-0.4, -0.2) is 49.7 Å². The molecule has 33 heavy (non-hydrogen) atoms. The van der Waals surface area contributed by atoms with Crippen LogP contribution in [0.3, 0.4) is 0 Å². The van der Waals surface area contributed by atoms with Crippen molar-refractivity contribution < 1.29 is 27.8 Å². The summed E-state index contributed by atoms with van der Waals surface area (Å²) in [5.74, 6) is 0.621. The fourth-order valence-electron chi connectivity index (χ4n) is 3.98. The lowest BCUT2D eigenvalue weighted by atomic mass is 10.1. The molecule has 0 saturated heterocycles. The van der Waals surface area contributed by atoms with Crippen molar-refractivity contribution in [2.45, 2.75) is 25.8 Å². The summed E-state index contributed by atoms with van der Waals surface area (Å²) in [6.45, 7) is 2.27. The number of rotatable bonds is 9. The molecule has 8 nitrogen and oxygen atoms in total. The molecule has 0 bridgehead atoms. The Morgan fingerprint density at radius 1 is 1.24 bits per heavy atom. The Morgan fingerprint density at radius 2 is 2.00 bits per heavy atom. The molecule has 0 unspecified atom stereocenters. The average Bonchev–Trinajstić information content (AvgIpc) is 3.56. The van der Waals surface area contributed by atoms with Gasteiger partial charge in [-0.3, -0.25) is 4.79 Å². The molecule has 4 rings (SSSR count). The van der Waals surface area contributed by atoms with E-state index in [1.807, 2.05) is 13.0 Å². The van der Waals surface area contributed by atoms with Gasteiger partial charge in [0.1, 0.15) is 9.84 Å². The maximum atomic E-state index is 12.3. The second kappa shape index (κ2) is 8.97. The number of aromatic hydroxyl groups is 1. The predicted octanol–water partition coefficient (Wildman–Crippen LogP) is 3.74. The predicted molar refractivity (Wildman–Crippen MR) is 127 cm³/mol. The molecule has 1 fully saturated rings. The van der Waals surface area contributed by atoms with Crippen LogP contribution in [-0.2, 0) is 14.6 Å². The van der Waals surface area contributed by atoms with Crippen LogP contribution in [0.25, 0.3) is 10.8 Å². The summed E-state index contributed by atoms with van der Waals surface area (Å²) in [4.78, 5) is 12.3. The van der Waals surface area contributed by atoms with Gasteiger partial charge in [-0.05, 0) is 43.5 Å². The van der Waals surface area contributed by atoms with E-state index in [1.54, 1.807) is 36.5 Å². The van der Waals surface area contributed by atoms with Gasteiger partial charge in [0.05, 0.1) is 36.6 Å². The van der Waals surface area contributed by atoms with E-state index in [0.29, 0.717) is 40.1 Å². The maximum Gasteiger partial charge on any atom is 0.227 e. The van der Waals surface area contributed by atoms with Gasteiger partial charge in [0, 0.05) is 23.8 Å². The molecule has 1 aromatic heterocycles. The Morgan fingerprint density at radius 3 is 2.64 bits per heavy atom. The zero-order valence-electron chi connectivity index (χ0n) is 18.9. The van der Waals surface area contributed by atoms with Crippen LogP contribution in [0.5, 0.6) is 17.4 Å². The third-order valence-electron chi connectivity index (χ3n) is 5.72. The smallest absolute Gasteiger partial charge is 0.227 e. The summed E-state index contributed by atoms with van der Waals surface area (Å²) >= 11 is 0. The Labute approximate surface area is 193 Å². The van der Waals surface area contributed by atoms with Crippen LogP contribution < -0.4 is 14.8 Å². The molecule has 1 saturated carbocycles. The van der Waals surface area contributed by atoms with Crippen LogP contribution in [0.2, 0.25) is 0 Å². The number of hydrogen-bond donors (Lipinski definition) is 2. The van der Waals surface area contributed by atoms with Crippen molar-refractivity contribution in [3.63, 3.8) is 0 Å². The lowest BCUT2D eigenvalue weighted by Crippen LogP contribution is -2.20. The molecule has 0 radical (unpaired) electrons. The first-order valence-electron chi connectivity index (χ1n) is 10.8. The first kappa shape index (κ1) is 23.0. The summed E-state index contributed by atoms with van der Waals surface area (Å²) in [5.41, 5.74) is 1.15. The fraction of sp³-hybridized carbons (Fsp3) is 0.375. The molecule has 1 atom stereocenters. The molecule has 0 aliphatic heterocycles. The molecule has 0 spiro atoms. The van der Waals surface area contributed by atoms with E-state index < -0.39 is 15.9 Å². The summed E-state index contributed by atoms with van der Waals surface area (Å²) in [5, 5.41) is 15.3. The van der Waals surface area contributed by atoms with Crippen molar-refractivity contribution in [2.75, 3.05) is 31.0 Å². The van der Waals surface area contributed by atoms with Crippen molar-refractivity contribution in [2.24, 2.45) is 5.92 Å². The largest absolute Gasteiger partial charge is 0.494 e. The maximum absolute atomic E-state index is 12.3. The minimum Gasteiger partial charge on any atom is -0.494 e. The molecular weight excluding hydrogens is 444 g/mol. The molecule has 176 valence electrons. The number of sulfone groups is 1. The van der Waals surface area contributed by atoms with Gasteiger partial charge < -0.3 is 24.5 Å². The number of carbonyl (C=O) groups is 1. The van der Waals surface area contributed by atoms with Gasteiger partial charge in [0.2, 0.25) is 11.8 Å². The van der Waals surface area contributed by atoms with Crippen molar-refractivity contribution in [3.8, 4) is 17.4 Å². The number of aromatic nitrogens is 1. The van der Waals surface area contributed by atoms with Crippen molar-refractivity contribution in [3.05, 3.63) is 48.2 Å². The Balaban J connectivity index is 1.83. The standard InChI is InChI=1S/C24H28N2O6S/c1-4-32-21-12-16(10-11-20(21)31-2)19(14-33(3,29)30)26-13-17-6-5-7-18(22(17)24(26)28)25-23(27)15-8-9-15/h5-7,10-13,15,19,28H,4,8-9,14H2,1-3H3,(H,25,27)/t19-/m1/s1. The zero-order chi connectivity index (χ0) is 23.8. The molecule has 2 aromatic carbocycles. The monoisotopic (exact) mass is 472 g/mol. The molecule has 9 heteroatoms. The topological polar surface area (TPSA) is 107 Å². The number of ether oxygens (including phenoxy) is 2. The molecule has 1 aliphatic rings. The highest BCUT2D eigenvalue weighted by atomic mass is 32.2. The molecule has 3 aromatic rings. The normalized spacial score (nSPS) is 14.8. The van der Waals surface area contributed by atoms with E-state index in [0.717, 1.165) is 19.1 Å². The van der Waals surface area contributed by atoms with E-state index in [4.69, 9.17) is 9.47 Å². The van der Waals surface area contributed by atoms with Gasteiger partial charge in [0.25, 0.3) is 0 Å². The van der Waals surface area contributed by atoms with Crippen molar-refractivity contribution in [1.29, 1.82) is 0 Å². The number of hydrogen-bond acceptors (Lipinski definition) is 6. The third kappa shape index (κ3) is 4.93. The Hall–Kier alpha value is -3.20. The number of amides is 1. The number of anilines is 1. The van der Waals surface area contributed by atoms with E-state index >= 15 is 0 Å². The molecular formula is C24H28N2O6S. The highest BCUT2D eigenvalue weighted by molar-refractivity contribution is 7.90. The third-order valence-corrected chi connectivity index (χ3v) is 6.64. The zero-order valence-corrected chi connectivity index (χ0v) is 19.7. The lowest BCUT2D eigenvalue weighted by Gasteiger charge is -2.21. The summed E-state index contributed by atoms with van der Waals surface area (Å²) in [6, 6.07) is 9.84. The molecule has 1 aliphatic carbocycles. The van der Waals surface area contributed by atoms with Crippen LogP contribution in [0.1, 0.15) is 31.4 Å². The Kier molecular flexibility index (Phi) is 6.25. The fourth-order valence-corrected chi connectivity index (χ4v) is 4.91. The minimum atomic E-state index is -3.42. The van der Waals surface area contributed by atoms with E-state index in [9.17, 15) is 18.3 Å². The first-order chi connectivity index (χ1) is 15.7. The van der Waals surface area contributed by atoms with Crippen LogP contribution in [0, 0.1) is 5.92 Å². The number of fused-ring (bicyclic) bond motifs is 1. The highest BCUT2D eigenvalue weighted by Crippen LogP contribution is 2.40. The lowest BCUT2D eigenvalue weighted by molar-refractivity contribution is -0.117. The van der Waals surface area contributed by atoms with Gasteiger partial charge in [-0.15, -0.1) is 0 Å². The molecule has 1 heterocycles. The number of nitrogens with one attached hydrogen (secondary N) is 1. The number of carbonyl (C=O) groups excluding carboxylic acids is 1. The minimum absolute atomic E-state index is 0.0127. The summed E-state index contributed by atoms with van der Waals surface area (Å²) in [7, 11) is -1.89. The van der Waals surface area contributed by atoms with Crippen LogP contribution in [0.15, 0.2) is 42.6 Å². The first-order valence-corrected chi connectivity index (χ1v) is 12.9. The molecule has 2 N–H and O–H groups in total. The van der Waals surface area contributed by atoms with Crippen LogP contribution >= 0.6 is 0 Å². The van der Waals surface area contributed by atoms with Gasteiger partial charge in [-0.25, -0.2) is 8.42 Å². The highest BCUT2D eigenvalue weighted by Gasteiger charge is 2.31. The SMILES string of the molecule is CCOc1cc([C@@H](CS(C)(=O)=O)n2cc3cccc(NC(=O)C4CC4)c3c2O)ccc1OC. The van der Waals surface area contributed by atoms with Gasteiger partial charge >= 0.3 is 0 Å². The van der Waals surface area contributed by atoms with Crippen molar-refractivity contribution >= 4 is 32.2 Å². The number of methoxy groups -OCH3 is 1. The van der Waals surface area contributed by atoms with E-state index in [-0.39, 0.29) is 23.5 Å². The number of nitrogens with zero attached hydrogens (tertiary/aromatic N) is 1. The average molecular weight is 473 g/mol. The van der Waals surface area contributed by atoms with Gasteiger partial charge in [-0.2, -0.15) is 0 Å². The Bertz CT molecular complexity index is 1290. The number of benzene rings is 2. The summed E-state index contributed by atoms with van der Waals surface area (Å²) in [6.07, 6.45) is 4.60. The van der Waals surface area contributed by atoms with Gasteiger partial charge in [-0.1, -0.05) is 18.2 Å². The second-order valence-corrected chi connectivity index (χ2v) is 10.5. The van der Waals surface area contributed by atoms with Crippen LogP contribution in [0.4, 0.5) is 5.69 Å². The molecule has 1 amide bonds. The second-order valence-electron chi connectivity index (χ2n) is 8.34.